The van der Waals surface area contributed by atoms with E-state index in [0.717, 1.165) is 31.0 Å². The van der Waals surface area contributed by atoms with Gasteiger partial charge in [-0.25, -0.2) is 0 Å². The summed E-state index contributed by atoms with van der Waals surface area (Å²) in [6.45, 7) is 10.4. The number of methoxy groups -OCH3 is 1. The van der Waals surface area contributed by atoms with Gasteiger partial charge in [0.15, 0.2) is 5.75 Å². The second-order valence-electron chi connectivity index (χ2n) is 5.20. The molecule has 2 aromatic heterocycles. The van der Waals surface area contributed by atoms with Gasteiger partial charge in [-0.15, -0.1) is 11.3 Å². The molecule has 1 N–H and O–H groups in total. The third-order valence-electron chi connectivity index (χ3n) is 3.65. The molecule has 0 saturated heterocycles. The van der Waals surface area contributed by atoms with E-state index in [4.69, 9.17) is 4.74 Å². The molecule has 0 saturated carbocycles. The molecule has 116 valence electrons. The molecule has 4 nitrogen and oxygen atoms in total. The first-order valence-corrected chi connectivity index (χ1v) is 8.33. The topological polar surface area (TPSA) is 39.1 Å². The van der Waals surface area contributed by atoms with E-state index < -0.39 is 0 Å². The SMILES string of the molecule is CCCn1ncc(OC)c1C(NCC)c1cc(C)c(C)s1. The number of rotatable bonds is 7. The van der Waals surface area contributed by atoms with Crippen molar-refractivity contribution in [2.75, 3.05) is 13.7 Å². The summed E-state index contributed by atoms with van der Waals surface area (Å²) < 4.78 is 7.61. The van der Waals surface area contributed by atoms with Gasteiger partial charge in [-0.05, 0) is 38.4 Å². The average Bonchev–Trinajstić information content (AvgIpc) is 3.01. The van der Waals surface area contributed by atoms with Crippen LogP contribution >= 0.6 is 11.3 Å². The summed E-state index contributed by atoms with van der Waals surface area (Å²) in [6.07, 6.45) is 2.88. The van der Waals surface area contributed by atoms with Crippen LogP contribution in [0.15, 0.2) is 12.3 Å². The van der Waals surface area contributed by atoms with Crippen molar-refractivity contribution in [2.45, 2.75) is 46.7 Å². The van der Waals surface area contributed by atoms with Gasteiger partial charge < -0.3 is 10.1 Å². The van der Waals surface area contributed by atoms with Crippen LogP contribution in [-0.4, -0.2) is 23.4 Å². The molecule has 0 aromatic carbocycles. The van der Waals surface area contributed by atoms with Crippen molar-refractivity contribution in [3.63, 3.8) is 0 Å². The van der Waals surface area contributed by atoms with Crippen LogP contribution < -0.4 is 10.1 Å². The largest absolute Gasteiger partial charge is 0.493 e. The highest BCUT2D eigenvalue weighted by molar-refractivity contribution is 7.12. The van der Waals surface area contributed by atoms with Crippen LogP contribution in [0.2, 0.25) is 0 Å². The Morgan fingerprint density at radius 1 is 1.38 bits per heavy atom. The highest BCUT2D eigenvalue weighted by Gasteiger charge is 2.24. The second kappa shape index (κ2) is 7.09. The Bertz CT molecular complexity index is 569. The van der Waals surface area contributed by atoms with Gasteiger partial charge in [0, 0.05) is 16.3 Å². The smallest absolute Gasteiger partial charge is 0.161 e. The van der Waals surface area contributed by atoms with Crippen molar-refractivity contribution in [3.8, 4) is 5.75 Å². The van der Waals surface area contributed by atoms with Gasteiger partial charge in [0.25, 0.3) is 0 Å². The van der Waals surface area contributed by atoms with Gasteiger partial charge in [0.1, 0.15) is 5.69 Å². The number of hydrogen-bond acceptors (Lipinski definition) is 4. The normalized spacial score (nSPS) is 12.6. The molecule has 21 heavy (non-hydrogen) atoms. The molecule has 1 atom stereocenters. The van der Waals surface area contributed by atoms with Gasteiger partial charge in [0.05, 0.1) is 19.3 Å². The lowest BCUT2D eigenvalue weighted by Crippen LogP contribution is -2.24. The molecule has 0 aliphatic carbocycles. The zero-order valence-electron chi connectivity index (χ0n) is 13.6. The summed E-state index contributed by atoms with van der Waals surface area (Å²) in [6, 6.07) is 2.41. The van der Waals surface area contributed by atoms with Crippen LogP contribution in [0, 0.1) is 13.8 Å². The molecule has 5 heteroatoms. The summed E-state index contributed by atoms with van der Waals surface area (Å²) in [5.41, 5.74) is 2.47. The quantitative estimate of drug-likeness (QED) is 0.848. The van der Waals surface area contributed by atoms with E-state index in [2.05, 4.69) is 48.9 Å². The number of aryl methyl sites for hydroxylation is 3. The van der Waals surface area contributed by atoms with Crippen molar-refractivity contribution in [2.24, 2.45) is 0 Å². The van der Waals surface area contributed by atoms with E-state index in [9.17, 15) is 0 Å². The first-order valence-electron chi connectivity index (χ1n) is 7.52. The highest BCUT2D eigenvalue weighted by atomic mass is 32.1. The fraction of sp³-hybridized carbons (Fsp3) is 0.562. The third-order valence-corrected chi connectivity index (χ3v) is 4.87. The molecule has 0 spiro atoms. The number of nitrogens with one attached hydrogen (secondary N) is 1. The van der Waals surface area contributed by atoms with E-state index in [1.807, 2.05) is 17.5 Å². The van der Waals surface area contributed by atoms with Crippen molar-refractivity contribution >= 4 is 11.3 Å². The first kappa shape index (κ1) is 16.0. The number of aromatic nitrogens is 2. The Balaban J connectivity index is 2.48. The highest BCUT2D eigenvalue weighted by Crippen LogP contribution is 2.35. The lowest BCUT2D eigenvalue weighted by atomic mass is 10.1. The van der Waals surface area contributed by atoms with E-state index in [1.165, 1.54) is 15.3 Å². The lowest BCUT2D eigenvalue weighted by molar-refractivity contribution is 0.399. The average molecular weight is 307 g/mol. The maximum absolute atomic E-state index is 5.54. The van der Waals surface area contributed by atoms with Crippen LogP contribution in [0.5, 0.6) is 5.75 Å². The van der Waals surface area contributed by atoms with Gasteiger partial charge in [-0.3, -0.25) is 4.68 Å². The molecule has 0 amide bonds. The number of hydrogen-bond donors (Lipinski definition) is 1. The first-order chi connectivity index (χ1) is 10.1. The van der Waals surface area contributed by atoms with E-state index in [0.29, 0.717) is 0 Å². The van der Waals surface area contributed by atoms with Gasteiger partial charge in [0.2, 0.25) is 0 Å². The summed E-state index contributed by atoms with van der Waals surface area (Å²) >= 11 is 1.85. The van der Waals surface area contributed by atoms with E-state index >= 15 is 0 Å². The van der Waals surface area contributed by atoms with Crippen LogP contribution in [-0.2, 0) is 6.54 Å². The standard InChI is InChI=1S/C16H25N3OS/c1-6-8-19-16(13(20-5)10-18-19)15(17-7-2)14-9-11(3)12(4)21-14/h9-10,15,17H,6-8H2,1-5H3. The van der Waals surface area contributed by atoms with Crippen molar-refractivity contribution < 1.29 is 4.74 Å². The molecule has 2 rings (SSSR count). The Morgan fingerprint density at radius 3 is 2.67 bits per heavy atom. The summed E-state index contributed by atoms with van der Waals surface area (Å²) in [5, 5.41) is 8.08. The predicted octanol–water partition coefficient (Wildman–Crippen LogP) is 3.68. The molecule has 0 fully saturated rings. The molecule has 2 aromatic rings. The van der Waals surface area contributed by atoms with Gasteiger partial charge in [-0.1, -0.05) is 13.8 Å². The predicted molar refractivity (Wildman–Crippen MR) is 88.4 cm³/mol. The lowest BCUT2D eigenvalue weighted by Gasteiger charge is -2.19. The van der Waals surface area contributed by atoms with E-state index in [1.54, 1.807) is 7.11 Å². The van der Waals surface area contributed by atoms with Crippen molar-refractivity contribution in [1.82, 2.24) is 15.1 Å². The van der Waals surface area contributed by atoms with Gasteiger partial charge >= 0.3 is 0 Å². The molecular weight excluding hydrogens is 282 g/mol. The molecule has 0 radical (unpaired) electrons. The molecule has 0 aliphatic rings. The zero-order valence-corrected chi connectivity index (χ0v) is 14.4. The number of nitrogens with zero attached hydrogens (tertiary/aromatic N) is 2. The molecule has 0 bridgehead atoms. The molecule has 1 unspecified atom stereocenters. The fourth-order valence-electron chi connectivity index (χ4n) is 2.50. The summed E-state index contributed by atoms with van der Waals surface area (Å²) in [5.74, 6) is 0.859. The molecule has 2 heterocycles. The molecule has 0 aliphatic heterocycles. The van der Waals surface area contributed by atoms with Crippen molar-refractivity contribution in [1.29, 1.82) is 0 Å². The van der Waals surface area contributed by atoms with Crippen LogP contribution in [0.1, 0.15) is 47.3 Å². The third kappa shape index (κ3) is 3.30. The van der Waals surface area contributed by atoms with Crippen molar-refractivity contribution in [3.05, 3.63) is 33.3 Å². The number of ether oxygens (including phenoxy) is 1. The maximum atomic E-state index is 5.54. The van der Waals surface area contributed by atoms with Crippen LogP contribution in [0.4, 0.5) is 0 Å². The minimum Gasteiger partial charge on any atom is -0.493 e. The van der Waals surface area contributed by atoms with Gasteiger partial charge in [-0.2, -0.15) is 5.10 Å². The Morgan fingerprint density at radius 2 is 2.14 bits per heavy atom. The molecular formula is C16H25N3OS. The fourth-order valence-corrected chi connectivity index (χ4v) is 3.62. The van der Waals surface area contributed by atoms with E-state index in [-0.39, 0.29) is 6.04 Å². The minimum atomic E-state index is 0.136. The zero-order chi connectivity index (χ0) is 15.4. The summed E-state index contributed by atoms with van der Waals surface area (Å²) in [7, 11) is 1.71. The van der Waals surface area contributed by atoms with Crippen LogP contribution in [0.3, 0.4) is 0 Å². The monoisotopic (exact) mass is 307 g/mol. The Hall–Kier alpha value is -1.33. The second-order valence-corrected chi connectivity index (χ2v) is 6.49. The minimum absolute atomic E-state index is 0.136. The Labute approximate surface area is 131 Å². The summed E-state index contributed by atoms with van der Waals surface area (Å²) in [4.78, 5) is 2.69. The maximum Gasteiger partial charge on any atom is 0.161 e. The van der Waals surface area contributed by atoms with Crippen LogP contribution in [0.25, 0.3) is 0 Å². The Kier molecular flexibility index (Phi) is 5.42. The number of thiophene rings is 1.